The molecule has 8 nitrogen and oxygen atoms in total. The number of carbonyl (C=O) groups excluding carboxylic acids is 3. The highest BCUT2D eigenvalue weighted by molar-refractivity contribution is 5.94. The molecule has 0 unspecified atom stereocenters. The van der Waals surface area contributed by atoms with Crippen LogP contribution in [0.15, 0.2) is 17.8 Å². The molecule has 0 radical (unpaired) electrons. The van der Waals surface area contributed by atoms with Crippen molar-refractivity contribution < 1.29 is 28.6 Å². The van der Waals surface area contributed by atoms with Crippen molar-refractivity contribution in [1.29, 1.82) is 0 Å². The number of hydrogen-bond acceptors (Lipinski definition) is 6. The van der Waals surface area contributed by atoms with E-state index in [2.05, 4.69) is 0 Å². The second-order valence-corrected chi connectivity index (χ2v) is 8.09. The van der Waals surface area contributed by atoms with E-state index in [0.29, 0.717) is 17.2 Å². The number of piperazine rings is 1. The number of fused-ring (bicyclic) bond motifs is 5. The van der Waals surface area contributed by atoms with Gasteiger partial charge in [-0.15, -0.1) is 0 Å². The van der Waals surface area contributed by atoms with E-state index in [0.717, 1.165) is 17.4 Å². The van der Waals surface area contributed by atoms with Gasteiger partial charge in [0.2, 0.25) is 5.91 Å². The van der Waals surface area contributed by atoms with Gasteiger partial charge in [-0.25, -0.2) is 4.79 Å². The zero-order valence-corrected chi connectivity index (χ0v) is 17.7. The van der Waals surface area contributed by atoms with E-state index in [9.17, 15) is 14.4 Å². The summed E-state index contributed by atoms with van der Waals surface area (Å²) in [6.07, 6.45) is 2.05. The molecule has 160 valence electrons. The van der Waals surface area contributed by atoms with Gasteiger partial charge in [0.25, 0.3) is 0 Å². The Morgan fingerprint density at radius 1 is 1.20 bits per heavy atom. The van der Waals surface area contributed by atoms with Gasteiger partial charge >= 0.3 is 6.09 Å². The molecule has 3 heterocycles. The lowest BCUT2D eigenvalue weighted by Crippen LogP contribution is -2.59. The van der Waals surface area contributed by atoms with Crippen LogP contribution in [-0.4, -0.2) is 60.5 Å². The number of aldehydes is 1. The minimum Gasteiger partial charge on any atom is -0.496 e. The quantitative estimate of drug-likeness (QED) is 0.705. The Kier molecular flexibility index (Phi) is 4.95. The summed E-state index contributed by atoms with van der Waals surface area (Å²) in [6, 6.07) is 1.99. The first kappa shape index (κ1) is 20.3. The van der Waals surface area contributed by atoms with E-state index >= 15 is 0 Å². The number of methoxy groups -OCH3 is 2. The van der Waals surface area contributed by atoms with Crippen LogP contribution in [-0.2, 0) is 14.3 Å². The van der Waals surface area contributed by atoms with Gasteiger partial charge in [0, 0.05) is 22.7 Å². The van der Waals surface area contributed by atoms with E-state index < -0.39 is 24.1 Å². The van der Waals surface area contributed by atoms with Gasteiger partial charge in [-0.1, -0.05) is 0 Å². The first-order valence-electron chi connectivity index (χ1n) is 10.1. The van der Waals surface area contributed by atoms with Gasteiger partial charge in [-0.3, -0.25) is 9.69 Å². The normalized spacial score (nSPS) is 26.7. The van der Waals surface area contributed by atoms with Gasteiger partial charge in [0.1, 0.15) is 23.8 Å². The van der Waals surface area contributed by atoms with Crippen molar-refractivity contribution in [3.8, 4) is 11.5 Å². The molecule has 3 aliphatic heterocycles. The lowest BCUT2D eigenvalue weighted by atomic mass is 9.88. The minimum absolute atomic E-state index is 0.217. The van der Waals surface area contributed by atoms with Crippen molar-refractivity contribution in [1.82, 2.24) is 9.80 Å². The van der Waals surface area contributed by atoms with E-state index in [4.69, 9.17) is 14.2 Å². The van der Waals surface area contributed by atoms with Crippen molar-refractivity contribution in [3.63, 3.8) is 0 Å². The first-order valence-corrected chi connectivity index (χ1v) is 10.1. The van der Waals surface area contributed by atoms with Gasteiger partial charge in [-0.2, -0.15) is 0 Å². The first-order chi connectivity index (χ1) is 14.3. The van der Waals surface area contributed by atoms with Crippen LogP contribution in [0.5, 0.6) is 11.5 Å². The largest absolute Gasteiger partial charge is 0.496 e. The fourth-order valence-electron chi connectivity index (χ4n) is 4.92. The predicted molar refractivity (Wildman–Crippen MR) is 108 cm³/mol. The van der Waals surface area contributed by atoms with Crippen LogP contribution in [0.4, 0.5) is 4.79 Å². The average Bonchev–Trinajstić information content (AvgIpc) is 3.06. The lowest BCUT2D eigenvalue weighted by molar-refractivity contribution is -0.139. The van der Waals surface area contributed by atoms with Gasteiger partial charge < -0.3 is 23.9 Å². The molecule has 0 aliphatic carbocycles. The Bertz CT molecular complexity index is 940. The second kappa shape index (κ2) is 7.34. The fraction of sp³-hybridized carbons (Fsp3) is 0.500. The molecule has 2 amide bonds. The van der Waals surface area contributed by atoms with Crippen molar-refractivity contribution in [2.75, 3.05) is 14.2 Å². The number of ether oxygens (including phenoxy) is 3. The van der Waals surface area contributed by atoms with E-state index in [1.54, 1.807) is 39.0 Å². The molecule has 1 aromatic rings. The third-order valence-corrected chi connectivity index (χ3v) is 6.11. The molecule has 30 heavy (non-hydrogen) atoms. The zero-order chi connectivity index (χ0) is 21.7. The smallest absolute Gasteiger partial charge is 0.411 e. The number of hydrogen-bond donors (Lipinski definition) is 0. The van der Waals surface area contributed by atoms with Crippen LogP contribution in [0.1, 0.15) is 44.4 Å². The molecule has 8 heteroatoms. The summed E-state index contributed by atoms with van der Waals surface area (Å²) in [5.74, 6) is 0.588. The summed E-state index contributed by atoms with van der Waals surface area (Å²) in [6.45, 7) is 5.43. The van der Waals surface area contributed by atoms with Crippen molar-refractivity contribution in [2.45, 2.75) is 51.4 Å². The Morgan fingerprint density at radius 2 is 1.87 bits per heavy atom. The Hall–Kier alpha value is -3.03. The predicted octanol–water partition coefficient (Wildman–Crippen LogP) is 2.76. The Labute approximate surface area is 175 Å². The lowest BCUT2D eigenvalue weighted by Gasteiger charge is -2.47. The molecule has 4 atom stereocenters. The molecular formula is C22H26N2O6. The highest BCUT2D eigenvalue weighted by Gasteiger charge is 2.58. The summed E-state index contributed by atoms with van der Waals surface area (Å²) >= 11 is 0. The van der Waals surface area contributed by atoms with Crippen molar-refractivity contribution in [2.24, 2.45) is 5.92 Å². The molecular weight excluding hydrogens is 388 g/mol. The van der Waals surface area contributed by atoms with Crippen LogP contribution in [0.25, 0.3) is 6.08 Å². The molecule has 4 rings (SSSR count). The van der Waals surface area contributed by atoms with Crippen LogP contribution in [0, 0.1) is 5.92 Å². The van der Waals surface area contributed by atoms with Crippen LogP contribution >= 0.6 is 0 Å². The number of rotatable bonds is 4. The number of benzene rings is 1. The second-order valence-electron chi connectivity index (χ2n) is 8.09. The number of nitrogens with zero attached hydrogens (tertiary/aromatic N) is 2. The van der Waals surface area contributed by atoms with E-state index in [1.165, 1.54) is 4.90 Å². The van der Waals surface area contributed by atoms with Gasteiger partial charge in [0.15, 0.2) is 0 Å². The molecule has 0 aromatic heterocycles. The SMILES string of the molecule is COc1ccc(OC)c2c1C=C1[C@@H]3[C@@H](C=O)C[C@H](C(=O)N1[C@H]2C)N3C(=O)OC(C)C. The summed E-state index contributed by atoms with van der Waals surface area (Å²) in [5, 5.41) is 0. The molecule has 2 bridgehead atoms. The van der Waals surface area contributed by atoms with Crippen molar-refractivity contribution >= 4 is 24.4 Å². The van der Waals surface area contributed by atoms with E-state index in [-0.39, 0.29) is 24.5 Å². The molecule has 3 aliphatic rings. The van der Waals surface area contributed by atoms with Gasteiger partial charge in [0.05, 0.1) is 32.4 Å². The highest BCUT2D eigenvalue weighted by atomic mass is 16.6. The summed E-state index contributed by atoms with van der Waals surface area (Å²) < 4.78 is 16.5. The summed E-state index contributed by atoms with van der Waals surface area (Å²) in [7, 11) is 3.16. The highest BCUT2D eigenvalue weighted by Crippen LogP contribution is 2.50. The standard InChI is InChI=1S/C22H26N2O6/c1-11(2)30-22(27)24-16-8-13(10-25)20(24)15-9-14-17(28-4)6-7-18(29-5)19(14)12(3)23(15)21(16)26/h6-7,9-13,16,20H,8H2,1-5H3/t12-,13+,16+,20-/m0/s1. The minimum atomic E-state index is -0.728. The third-order valence-electron chi connectivity index (χ3n) is 6.11. The summed E-state index contributed by atoms with van der Waals surface area (Å²) in [5.41, 5.74) is 2.24. The Morgan fingerprint density at radius 3 is 2.47 bits per heavy atom. The van der Waals surface area contributed by atoms with Gasteiger partial charge in [-0.05, 0) is 45.4 Å². The number of carbonyl (C=O) groups is 3. The number of amides is 2. The maximum atomic E-state index is 13.5. The molecule has 1 aromatic carbocycles. The maximum absolute atomic E-state index is 13.5. The monoisotopic (exact) mass is 414 g/mol. The zero-order valence-electron chi connectivity index (χ0n) is 17.7. The average molecular weight is 414 g/mol. The Balaban J connectivity index is 1.90. The van der Waals surface area contributed by atoms with Crippen LogP contribution in [0.2, 0.25) is 0 Å². The third kappa shape index (κ3) is 2.77. The molecule has 2 fully saturated rings. The van der Waals surface area contributed by atoms with Crippen LogP contribution in [0.3, 0.4) is 0 Å². The molecule has 2 saturated heterocycles. The molecule has 0 N–H and O–H groups in total. The van der Waals surface area contributed by atoms with Crippen LogP contribution < -0.4 is 9.47 Å². The topological polar surface area (TPSA) is 85.4 Å². The fourth-order valence-corrected chi connectivity index (χ4v) is 4.92. The molecule has 0 spiro atoms. The molecule has 0 saturated carbocycles. The summed E-state index contributed by atoms with van der Waals surface area (Å²) in [4.78, 5) is 41.4. The maximum Gasteiger partial charge on any atom is 0.411 e. The van der Waals surface area contributed by atoms with Crippen molar-refractivity contribution in [3.05, 3.63) is 29.0 Å². The van der Waals surface area contributed by atoms with E-state index in [1.807, 2.05) is 19.1 Å².